The number of aliphatic hydroxyl groups is 1. The maximum Gasteiger partial charge on any atom is 0.0668 e. The Morgan fingerprint density at radius 3 is 2.31 bits per heavy atom. The van der Waals surface area contributed by atoms with Gasteiger partial charge in [-0.1, -0.05) is 44.2 Å². The Hall–Kier alpha value is -0.860. The van der Waals surface area contributed by atoms with E-state index in [1.807, 2.05) is 18.2 Å². The van der Waals surface area contributed by atoms with Crippen molar-refractivity contribution in [3.63, 3.8) is 0 Å². The minimum absolute atomic E-state index is 0.137. The molecule has 1 rings (SSSR count). The normalized spacial score (nSPS) is 16.8. The molecule has 1 aromatic rings. The van der Waals surface area contributed by atoms with Gasteiger partial charge in [-0.15, -0.1) is 0 Å². The van der Waals surface area contributed by atoms with Gasteiger partial charge in [0.05, 0.1) is 12.1 Å². The summed E-state index contributed by atoms with van der Waals surface area (Å²) in [5, 5.41) is 13.3. The van der Waals surface area contributed by atoms with Crippen LogP contribution in [0.3, 0.4) is 0 Å². The third-order valence-electron chi connectivity index (χ3n) is 3.33. The molecule has 0 bridgehead atoms. The number of nitrogens with one attached hydrogen (secondary N) is 1. The van der Waals surface area contributed by atoms with Crippen LogP contribution in [0.2, 0.25) is 0 Å². The zero-order valence-corrected chi connectivity index (χ0v) is 10.5. The largest absolute Gasteiger partial charge is 0.394 e. The molecule has 16 heavy (non-hydrogen) atoms. The van der Waals surface area contributed by atoms with Crippen LogP contribution in [0, 0.1) is 0 Å². The highest BCUT2D eigenvalue weighted by Crippen LogP contribution is 2.25. The quantitative estimate of drug-likeness (QED) is 0.774. The van der Waals surface area contributed by atoms with E-state index < -0.39 is 0 Å². The molecule has 0 aliphatic rings. The molecule has 0 amide bonds. The van der Waals surface area contributed by atoms with Crippen LogP contribution >= 0.6 is 0 Å². The molecular weight excluding hydrogens is 198 g/mol. The molecular formula is C14H23NO. The molecule has 0 aliphatic heterocycles. The second-order valence-electron chi connectivity index (χ2n) is 4.41. The van der Waals surface area contributed by atoms with E-state index in [-0.39, 0.29) is 12.1 Å². The Labute approximate surface area is 98.7 Å². The first-order chi connectivity index (χ1) is 7.68. The molecule has 2 atom stereocenters. The van der Waals surface area contributed by atoms with Crippen LogP contribution < -0.4 is 5.32 Å². The monoisotopic (exact) mass is 221 g/mol. The van der Waals surface area contributed by atoms with Gasteiger partial charge in [0.15, 0.2) is 0 Å². The average Bonchev–Trinajstić information content (AvgIpc) is 2.37. The van der Waals surface area contributed by atoms with Gasteiger partial charge in [0.1, 0.15) is 0 Å². The van der Waals surface area contributed by atoms with Crippen LogP contribution in [0.15, 0.2) is 30.3 Å². The lowest BCUT2D eigenvalue weighted by molar-refractivity contribution is 0.143. The zero-order valence-electron chi connectivity index (χ0n) is 10.5. The molecule has 2 heteroatoms. The number of rotatable bonds is 6. The molecule has 0 aromatic heterocycles. The second-order valence-corrected chi connectivity index (χ2v) is 4.41. The summed E-state index contributed by atoms with van der Waals surface area (Å²) in [5.74, 6) is 0. The van der Waals surface area contributed by atoms with E-state index in [9.17, 15) is 5.11 Å². The van der Waals surface area contributed by atoms with Gasteiger partial charge in [0, 0.05) is 6.04 Å². The number of hydrogen-bond donors (Lipinski definition) is 2. The summed E-state index contributed by atoms with van der Waals surface area (Å²) in [5.41, 5.74) is 0.872. The summed E-state index contributed by atoms with van der Waals surface area (Å²) in [6.07, 6.45) is 1.95. The van der Waals surface area contributed by atoms with Crippen molar-refractivity contribution < 1.29 is 5.11 Å². The van der Waals surface area contributed by atoms with E-state index in [2.05, 4.69) is 38.2 Å². The molecule has 2 N–H and O–H groups in total. The van der Waals surface area contributed by atoms with E-state index in [1.54, 1.807) is 0 Å². The van der Waals surface area contributed by atoms with Crippen molar-refractivity contribution in [2.75, 3.05) is 6.61 Å². The van der Waals surface area contributed by atoms with Gasteiger partial charge in [-0.3, -0.25) is 0 Å². The lowest BCUT2D eigenvalue weighted by Gasteiger charge is -2.35. The zero-order chi connectivity index (χ0) is 12.0. The summed E-state index contributed by atoms with van der Waals surface area (Å²) in [6.45, 7) is 6.56. The molecule has 0 fully saturated rings. The Kier molecular flexibility index (Phi) is 4.97. The van der Waals surface area contributed by atoms with Crippen LogP contribution in [0.25, 0.3) is 0 Å². The average molecular weight is 221 g/mol. The second kappa shape index (κ2) is 6.02. The van der Waals surface area contributed by atoms with E-state index in [0.29, 0.717) is 6.04 Å². The summed E-state index contributed by atoms with van der Waals surface area (Å²) >= 11 is 0. The summed E-state index contributed by atoms with van der Waals surface area (Å²) in [6, 6.07) is 10.6. The summed E-state index contributed by atoms with van der Waals surface area (Å²) in [7, 11) is 0. The highest BCUT2D eigenvalue weighted by atomic mass is 16.3. The van der Waals surface area contributed by atoms with Gasteiger partial charge in [-0.2, -0.15) is 0 Å². The van der Waals surface area contributed by atoms with Gasteiger partial charge in [-0.25, -0.2) is 0 Å². The highest BCUT2D eigenvalue weighted by Gasteiger charge is 2.30. The van der Waals surface area contributed by atoms with Gasteiger partial charge in [0.25, 0.3) is 0 Å². The highest BCUT2D eigenvalue weighted by molar-refractivity contribution is 5.24. The first kappa shape index (κ1) is 13.2. The fourth-order valence-electron chi connectivity index (χ4n) is 1.97. The number of aliphatic hydroxyl groups excluding tert-OH is 1. The third-order valence-corrected chi connectivity index (χ3v) is 3.33. The van der Waals surface area contributed by atoms with E-state index in [1.165, 1.54) is 5.56 Å². The molecule has 0 spiro atoms. The molecule has 0 saturated heterocycles. The van der Waals surface area contributed by atoms with Crippen molar-refractivity contribution in [1.82, 2.24) is 5.32 Å². The van der Waals surface area contributed by atoms with Gasteiger partial charge in [-0.05, 0) is 25.3 Å². The molecule has 0 radical (unpaired) electrons. The van der Waals surface area contributed by atoms with Crippen LogP contribution in [0.4, 0.5) is 0 Å². The smallest absolute Gasteiger partial charge is 0.0668 e. The lowest BCUT2D eigenvalue weighted by atomic mass is 9.87. The maximum absolute atomic E-state index is 9.71. The standard InChI is InChI=1S/C14H23NO/c1-4-12(3)15-14(5-2,11-16)13-9-7-6-8-10-13/h6-10,12,15-16H,4-5,11H2,1-3H3. The van der Waals surface area contributed by atoms with Crippen molar-refractivity contribution in [2.45, 2.75) is 45.2 Å². The van der Waals surface area contributed by atoms with Crippen molar-refractivity contribution >= 4 is 0 Å². The first-order valence-corrected chi connectivity index (χ1v) is 6.12. The minimum Gasteiger partial charge on any atom is -0.394 e. The van der Waals surface area contributed by atoms with Crippen LogP contribution in [0.5, 0.6) is 0 Å². The molecule has 2 nitrogen and oxygen atoms in total. The van der Waals surface area contributed by atoms with Crippen molar-refractivity contribution in [3.05, 3.63) is 35.9 Å². The fourth-order valence-corrected chi connectivity index (χ4v) is 1.97. The van der Waals surface area contributed by atoms with E-state index >= 15 is 0 Å². The predicted molar refractivity (Wildman–Crippen MR) is 68.4 cm³/mol. The van der Waals surface area contributed by atoms with E-state index in [4.69, 9.17) is 0 Å². The van der Waals surface area contributed by atoms with Crippen LogP contribution in [-0.2, 0) is 5.54 Å². The van der Waals surface area contributed by atoms with Crippen molar-refractivity contribution in [3.8, 4) is 0 Å². The lowest BCUT2D eigenvalue weighted by Crippen LogP contribution is -2.49. The minimum atomic E-state index is -0.295. The van der Waals surface area contributed by atoms with Crippen molar-refractivity contribution in [1.29, 1.82) is 0 Å². The van der Waals surface area contributed by atoms with E-state index in [0.717, 1.165) is 12.8 Å². The maximum atomic E-state index is 9.71. The summed E-state index contributed by atoms with van der Waals surface area (Å²) < 4.78 is 0. The molecule has 2 unspecified atom stereocenters. The number of benzene rings is 1. The van der Waals surface area contributed by atoms with Crippen LogP contribution in [-0.4, -0.2) is 17.8 Å². The predicted octanol–water partition coefficient (Wildman–Crippen LogP) is 2.67. The van der Waals surface area contributed by atoms with Crippen LogP contribution in [0.1, 0.15) is 39.2 Å². The van der Waals surface area contributed by atoms with Crippen molar-refractivity contribution in [2.24, 2.45) is 0 Å². The summed E-state index contributed by atoms with van der Waals surface area (Å²) in [4.78, 5) is 0. The Bertz CT molecular complexity index is 293. The molecule has 0 saturated carbocycles. The van der Waals surface area contributed by atoms with Gasteiger partial charge >= 0.3 is 0 Å². The Morgan fingerprint density at radius 1 is 1.25 bits per heavy atom. The Balaban J connectivity index is 2.96. The fraction of sp³-hybridized carbons (Fsp3) is 0.571. The molecule has 1 aromatic carbocycles. The van der Waals surface area contributed by atoms with Gasteiger partial charge in [0.2, 0.25) is 0 Å². The Morgan fingerprint density at radius 2 is 1.88 bits per heavy atom. The third kappa shape index (κ3) is 2.83. The first-order valence-electron chi connectivity index (χ1n) is 6.12. The number of hydrogen-bond acceptors (Lipinski definition) is 2. The molecule has 0 aliphatic carbocycles. The van der Waals surface area contributed by atoms with Gasteiger partial charge < -0.3 is 10.4 Å². The SMILES string of the molecule is CCC(C)NC(CC)(CO)c1ccccc1. The topological polar surface area (TPSA) is 32.3 Å². The molecule has 0 heterocycles. The molecule has 90 valence electrons.